The molecule has 0 fully saturated rings. The van der Waals surface area contributed by atoms with Crippen LogP contribution < -0.4 is 10.6 Å². The number of rotatable bonds is 7. The van der Waals surface area contributed by atoms with E-state index in [2.05, 4.69) is 10.6 Å². The summed E-state index contributed by atoms with van der Waals surface area (Å²) in [5.41, 5.74) is 0.429. The zero-order valence-electron chi connectivity index (χ0n) is 18.0. The monoisotopic (exact) mass is 425 g/mol. The SMILES string of the molecule is CC(C)(C)OC(=O)NCCNC(=O)CCCN1C(=O)c2cccc3cccc(c23)C1=O. The van der Waals surface area contributed by atoms with E-state index in [0.717, 1.165) is 5.39 Å². The van der Waals surface area contributed by atoms with Gasteiger partial charge in [-0.3, -0.25) is 19.3 Å². The molecule has 1 aliphatic rings. The summed E-state index contributed by atoms with van der Waals surface area (Å²) in [6.07, 6.45) is -0.0322. The van der Waals surface area contributed by atoms with Crippen molar-refractivity contribution >= 4 is 34.6 Å². The second-order valence-corrected chi connectivity index (χ2v) is 8.35. The van der Waals surface area contributed by atoms with E-state index in [1.807, 2.05) is 12.1 Å². The van der Waals surface area contributed by atoms with Gasteiger partial charge in [0.25, 0.3) is 11.8 Å². The van der Waals surface area contributed by atoms with Gasteiger partial charge in [0.1, 0.15) is 5.60 Å². The van der Waals surface area contributed by atoms with Crippen molar-refractivity contribution in [2.75, 3.05) is 19.6 Å². The summed E-state index contributed by atoms with van der Waals surface area (Å²) in [5.74, 6) is -0.891. The standard InChI is InChI=1S/C23H27N3O5/c1-23(2,3)31-22(30)25-13-12-24-18(27)11-6-14-26-20(28)16-9-4-7-15-8-5-10-17(19(15)16)21(26)29/h4-5,7-10H,6,11-14H2,1-3H3,(H,24,27)(H,25,30). The molecule has 8 heteroatoms. The Morgan fingerprint density at radius 1 is 0.935 bits per heavy atom. The molecule has 4 amide bonds. The van der Waals surface area contributed by atoms with Crippen LogP contribution >= 0.6 is 0 Å². The third-order valence-electron chi connectivity index (χ3n) is 4.76. The molecule has 0 aliphatic carbocycles. The molecule has 1 heterocycles. The van der Waals surface area contributed by atoms with E-state index in [9.17, 15) is 19.2 Å². The Balaban J connectivity index is 1.46. The van der Waals surface area contributed by atoms with E-state index >= 15 is 0 Å². The maximum Gasteiger partial charge on any atom is 0.407 e. The Hall–Kier alpha value is -3.42. The van der Waals surface area contributed by atoms with Crippen LogP contribution in [0.5, 0.6) is 0 Å². The van der Waals surface area contributed by atoms with E-state index in [4.69, 9.17) is 4.74 Å². The van der Waals surface area contributed by atoms with Gasteiger partial charge in [-0.2, -0.15) is 0 Å². The van der Waals surface area contributed by atoms with Gasteiger partial charge in [-0.15, -0.1) is 0 Å². The summed E-state index contributed by atoms with van der Waals surface area (Å²) in [6.45, 7) is 5.97. The molecule has 0 radical (unpaired) electrons. The summed E-state index contributed by atoms with van der Waals surface area (Å²) >= 11 is 0. The number of carbonyl (C=O) groups excluding carboxylic acids is 4. The first-order valence-corrected chi connectivity index (χ1v) is 10.3. The molecule has 0 spiro atoms. The molecule has 0 bridgehead atoms. The molecule has 1 aliphatic heterocycles. The summed E-state index contributed by atoms with van der Waals surface area (Å²) < 4.78 is 5.11. The smallest absolute Gasteiger partial charge is 0.407 e. The lowest BCUT2D eigenvalue weighted by molar-refractivity contribution is -0.121. The highest BCUT2D eigenvalue weighted by Crippen LogP contribution is 2.29. The molecule has 0 aromatic heterocycles. The van der Waals surface area contributed by atoms with Crippen LogP contribution in [0.3, 0.4) is 0 Å². The number of carbonyl (C=O) groups is 4. The highest BCUT2D eigenvalue weighted by molar-refractivity contribution is 6.25. The zero-order chi connectivity index (χ0) is 22.6. The van der Waals surface area contributed by atoms with Crippen molar-refractivity contribution in [3.8, 4) is 0 Å². The predicted molar refractivity (Wildman–Crippen MR) is 116 cm³/mol. The van der Waals surface area contributed by atoms with Crippen LogP contribution in [0.25, 0.3) is 10.8 Å². The quantitative estimate of drug-likeness (QED) is 0.524. The zero-order valence-corrected chi connectivity index (χ0v) is 18.0. The predicted octanol–water partition coefficient (Wildman–Crippen LogP) is 2.86. The fourth-order valence-corrected chi connectivity index (χ4v) is 3.45. The Bertz CT molecular complexity index is 975. The van der Waals surface area contributed by atoms with E-state index in [-0.39, 0.29) is 43.8 Å². The highest BCUT2D eigenvalue weighted by Gasteiger charge is 2.32. The maximum absolute atomic E-state index is 12.8. The Labute approximate surface area is 180 Å². The van der Waals surface area contributed by atoms with Crippen molar-refractivity contribution in [3.63, 3.8) is 0 Å². The number of hydrogen-bond acceptors (Lipinski definition) is 5. The molecule has 31 heavy (non-hydrogen) atoms. The fraction of sp³-hybridized carbons (Fsp3) is 0.391. The van der Waals surface area contributed by atoms with Crippen molar-refractivity contribution in [2.45, 2.75) is 39.2 Å². The number of nitrogens with zero attached hydrogens (tertiary/aromatic N) is 1. The number of benzene rings is 2. The van der Waals surface area contributed by atoms with Gasteiger partial charge in [-0.25, -0.2) is 4.79 Å². The third-order valence-corrected chi connectivity index (χ3v) is 4.76. The molecule has 2 aromatic rings. The van der Waals surface area contributed by atoms with Crippen LogP contribution in [-0.4, -0.2) is 54.0 Å². The molecule has 3 rings (SSSR count). The third kappa shape index (κ3) is 5.39. The van der Waals surface area contributed by atoms with Gasteiger partial charge in [0.2, 0.25) is 5.91 Å². The van der Waals surface area contributed by atoms with E-state index < -0.39 is 11.7 Å². The Morgan fingerprint density at radius 3 is 2.10 bits per heavy atom. The lowest BCUT2D eigenvalue weighted by Gasteiger charge is -2.27. The van der Waals surface area contributed by atoms with Crippen molar-refractivity contribution in [1.82, 2.24) is 15.5 Å². The van der Waals surface area contributed by atoms with Crippen LogP contribution in [0.15, 0.2) is 36.4 Å². The fourth-order valence-electron chi connectivity index (χ4n) is 3.45. The lowest BCUT2D eigenvalue weighted by atomic mass is 9.94. The molecule has 0 saturated carbocycles. The number of hydrogen-bond donors (Lipinski definition) is 2. The second-order valence-electron chi connectivity index (χ2n) is 8.35. The largest absolute Gasteiger partial charge is 0.444 e. The van der Waals surface area contributed by atoms with Gasteiger partial charge >= 0.3 is 6.09 Å². The molecule has 8 nitrogen and oxygen atoms in total. The molecular weight excluding hydrogens is 398 g/mol. The number of ether oxygens (including phenoxy) is 1. The molecular formula is C23H27N3O5. The maximum atomic E-state index is 12.8. The minimum Gasteiger partial charge on any atom is -0.444 e. The molecule has 2 aromatic carbocycles. The van der Waals surface area contributed by atoms with Crippen LogP contribution in [0.1, 0.15) is 54.3 Å². The highest BCUT2D eigenvalue weighted by atomic mass is 16.6. The number of nitrogens with one attached hydrogen (secondary N) is 2. The second kappa shape index (κ2) is 9.16. The van der Waals surface area contributed by atoms with E-state index in [0.29, 0.717) is 22.9 Å². The Morgan fingerprint density at radius 2 is 1.52 bits per heavy atom. The van der Waals surface area contributed by atoms with E-state index in [1.165, 1.54) is 4.90 Å². The van der Waals surface area contributed by atoms with Crippen molar-refractivity contribution in [1.29, 1.82) is 0 Å². The molecule has 0 saturated heterocycles. The molecule has 0 atom stereocenters. The summed E-state index contributed by atoms with van der Waals surface area (Å²) in [5, 5.41) is 6.80. The summed E-state index contributed by atoms with van der Waals surface area (Å²) in [6, 6.07) is 10.8. The van der Waals surface area contributed by atoms with Crippen LogP contribution in [0.4, 0.5) is 4.79 Å². The summed E-state index contributed by atoms with van der Waals surface area (Å²) in [7, 11) is 0. The molecule has 0 unspecified atom stereocenters. The van der Waals surface area contributed by atoms with Crippen LogP contribution in [-0.2, 0) is 9.53 Å². The molecule has 2 N–H and O–H groups in total. The topological polar surface area (TPSA) is 105 Å². The van der Waals surface area contributed by atoms with Crippen molar-refractivity contribution in [2.24, 2.45) is 0 Å². The average molecular weight is 425 g/mol. The van der Waals surface area contributed by atoms with Crippen molar-refractivity contribution < 1.29 is 23.9 Å². The van der Waals surface area contributed by atoms with Gasteiger partial charge in [0.15, 0.2) is 0 Å². The first-order chi connectivity index (χ1) is 14.7. The Kier molecular flexibility index (Phi) is 6.58. The van der Waals surface area contributed by atoms with Gasteiger partial charge in [-0.05, 0) is 44.7 Å². The lowest BCUT2D eigenvalue weighted by Crippen LogP contribution is -2.41. The van der Waals surface area contributed by atoms with Crippen molar-refractivity contribution in [3.05, 3.63) is 47.5 Å². The number of imide groups is 1. The first kappa shape index (κ1) is 22.3. The number of amides is 4. The van der Waals surface area contributed by atoms with Crippen LogP contribution in [0.2, 0.25) is 0 Å². The first-order valence-electron chi connectivity index (χ1n) is 10.3. The van der Waals surface area contributed by atoms with Gasteiger partial charge < -0.3 is 15.4 Å². The minimum absolute atomic E-state index is 0.159. The normalized spacial score (nSPS) is 13.3. The average Bonchev–Trinajstić information content (AvgIpc) is 2.70. The minimum atomic E-state index is -0.581. The van der Waals surface area contributed by atoms with Gasteiger partial charge in [-0.1, -0.05) is 24.3 Å². The number of alkyl carbamates (subject to hydrolysis) is 1. The summed E-state index contributed by atoms with van der Waals surface area (Å²) in [4.78, 5) is 50.4. The van der Waals surface area contributed by atoms with E-state index in [1.54, 1.807) is 45.0 Å². The van der Waals surface area contributed by atoms with Gasteiger partial charge in [0.05, 0.1) is 0 Å². The molecule has 164 valence electrons. The van der Waals surface area contributed by atoms with Crippen LogP contribution in [0, 0.1) is 0 Å². The van der Waals surface area contributed by atoms with Gasteiger partial charge in [0, 0.05) is 42.6 Å².